The van der Waals surface area contributed by atoms with E-state index in [4.69, 9.17) is 4.74 Å². The second-order valence-electron chi connectivity index (χ2n) is 3.28. The summed E-state index contributed by atoms with van der Waals surface area (Å²) in [5, 5.41) is 0. The van der Waals surface area contributed by atoms with Crippen molar-refractivity contribution in [3.05, 3.63) is 27.4 Å². The molecule has 0 unspecified atom stereocenters. The number of rotatable bonds is 4. The van der Waals surface area contributed by atoms with Gasteiger partial charge in [0.15, 0.2) is 0 Å². The van der Waals surface area contributed by atoms with Crippen molar-refractivity contribution in [2.45, 2.75) is 33.8 Å². The minimum Gasteiger partial charge on any atom is -0.374 e. The molecule has 0 aliphatic carbocycles. The molecule has 4 heteroatoms. The molecule has 0 aliphatic heterocycles. The predicted molar refractivity (Wildman–Crippen MR) is 54.3 cm³/mol. The van der Waals surface area contributed by atoms with Crippen LogP contribution in [0.5, 0.6) is 0 Å². The molecule has 0 amide bonds. The van der Waals surface area contributed by atoms with Crippen molar-refractivity contribution < 1.29 is 4.74 Å². The summed E-state index contributed by atoms with van der Waals surface area (Å²) in [4.78, 5) is 18.3. The van der Waals surface area contributed by atoms with Gasteiger partial charge in [-0.1, -0.05) is 6.92 Å². The van der Waals surface area contributed by atoms with Gasteiger partial charge in [-0.2, -0.15) is 0 Å². The lowest BCUT2D eigenvalue weighted by Crippen LogP contribution is -2.17. The molecule has 1 aromatic heterocycles. The molecular formula is C10H16N2O2. The molecule has 0 saturated heterocycles. The van der Waals surface area contributed by atoms with Crippen molar-refractivity contribution in [2.75, 3.05) is 6.61 Å². The highest BCUT2D eigenvalue weighted by Gasteiger charge is 2.02. The third kappa shape index (κ3) is 2.67. The summed E-state index contributed by atoms with van der Waals surface area (Å²) in [6, 6.07) is 0. The Kier molecular flexibility index (Phi) is 3.83. The monoisotopic (exact) mass is 196 g/mol. The van der Waals surface area contributed by atoms with Crippen LogP contribution in [0, 0.1) is 13.8 Å². The van der Waals surface area contributed by atoms with Crippen LogP contribution in [0.1, 0.15) is 30.4 Å². The molecule has 1 N–H and O–H groups in total. The lowest BCUT2D eigenvalue weighted by atomic mass is 10.3. The number of ether oxygens (including phenoxy) is 1. The van der Waals surface area contributed by atoms with Gasteiger partial charge in [-0.25, -0.2) is 4.98 Å². The Hall–Kier alpha value is -1.16. The normalized spacial score (nSPS) is 10.5. The molecule has 1 heterocycles. The first-order valence-corrected chi connectivity index (χ1v) is 4.79. The summed E-state index contributed by atoms with van der Waals surface area (Å²) in [6.07, 6.45) is 0.967. The highest BCUT2D eigenvalue weighted by molar-refractivity contribution is 5.13. The number of H-pyrrole nitrogens is 1. The van der Waals surface area contributed by atoms with Crippen LogP contribution in [0.25, 0.3) is 0 Å². The molecule has 0 bridgehead atoms. The first-order valence-electron chi connectivity index (χ1n) is 4.79. The molecule has 0 aromatic carbocycles. The summed E-state index contributed by atoms with van der Waals surface area (Å²) in [5.74, 6) is 0.603. The van der Waals surface area contributed by atoms with E-state index in [-0.39, 0.29) is 5.56 Å². The van der Waals surface area contributed by atoms with Crippen LogP contribution in [0.3, 0.4) is 0 Å². The standard InChI is InChI=1S/C10H16N2O2/c1-4-5-14-6-9-11-8(3)7(2)10(13)12-9/h4-6H2,1-3H3,(H,11,12,13). The number of nitrogens with zero attached hydrogens (tertiary/aromatic N) is 1. The maximum Gasteiger partial charge on any atom is 0.254 e. The Morgan fingerprint density at radius 3 is 2.71 bits per heavy atom. The van der Waals surface area contributed by atoms with Gasteiger partial charge in [-0.15, -0.1) is 0 Å². The number of aromatic amines is 1. The SMILES string of the molecule is CCCOCc1nc(C)c(C)c(=O)[nH]1. The molecule has 0 aliphatic rings. The second kappa shape index (κ2) is 4.91. The molecule has 78 valence electrons. The third-order valence-electron chi connectivity index (χ3n) is 2.03. The number of hydrogen-bond donors (Lipinski definition) is 1. The Morgan fingerprint density at radius 2 is 2.14 bits per heavy atom. The summed E-state index contributed by atoms with van der Waals surface area (Å²) < 4.78 is 5.29. The predicted octanol–water partition coefficient (Wildman–Crippen LogP) is 1.31. The topological polar surface area (TPSA) is 55.0 Å². The van der Waals surface area contributed by atoms with Crippen LogP contribution in [-0.4, -0.2) is 16.6 Å². The number of nitrogens with one attached hydrogen (secondary N) is 1. The largest absolute Gasteiger partial charge is 0.374 e. The van der Waals surface area contributed by atoms with Crippen LogP contribution < -0.4 is 5.56 Å². The molecule has 0 saturated carbocycles. The Balaban J connectivity index is 2.75. The van der Waals surface area contributed by atoms with Gasteiger partial charge in [-0.3, -0.25) is 4.79 Å². The van der Waals surface area contributed by atoms with E-state index >= 15 is 0 Å². The van der Waals surface area contributed by atoms with Crippen LogP contribution in [0.4, 0.5) is 0 Å². The van der Waals surface area contributed by atoms with E-state index in [1.807, 2.05) is 13.8 Å². The van der Waals surface area contributed by atoms with E-state index < -0.39 is 0 Å². The van der Waals surface area contributed by atoms with Gasteiger partial charge in [-0.05, 0) is 20.3 Å². The fraction of sp³-hybridized carbons (Fsp3) is 0.600. The van der Waals surface area contributed by atoms with Crippen LogP contribution in [-0.2, 0) is 11.3 Å². The van der Waals surface area contributed by atoms with Crippen molar-refractivity contribution in [3.63, 3.8) is 0 Å². The highest BCUT2D eigenvalue weighted by Crippen LogP contribution is 1.98. The molecular weight excluding hydrogens is 180 g/mol. The minimum atomic E-state index is -0.0763. The molecule has 4 nitrogen and oxygen atoms in total. The van der Waals surface area contributed by atoms with E-state index in [0.717, 1.165) is 12.1 Å². The van der Waals surface area contributed by atoms with Crippen molar-refractivity contribution >= 4 is 0 Å². The molecule has 1 aromatic rings. The lowest BCUT2D eigenvalue weighted by Gasteiger charge is -2.04. The van der Waals surface area contributed by atoms with Crippen molar-refractivity contribution in [2.24, 2.45) is 0 Å². The molecule has 1 rings (SSSR count). The maximum atomic E-state index is 11.3. The van der Waals surface area contributed by atoms with Gasteiger partial charge in [0.1, 0.15) is 12.4 Å². The van der Waals surface area contributed by atoms with Crippen molar-refractivity contribution in [3.8, 4) is 0 Å². The Labute approximate surface area is 83.3 Å². The minimum absolute atomic E-state index is 0.0763. The van der Waals surface area contributed by atoms with Crippen molar-refractivity contribution in [1.82, 2.24) is 9.97 Å². The number of hydrogen-bond acceptors (Lipinski definition) is 3. The molecule has 14 heavy (non-hydrogen) atoms. The van der Waals surface area contributed by atoms with E-state index in [0.29, 0.717) is 24.6 Å². The third-order valence-corrected chi connectivity index (χ3v) is 2.03. The van der Waals surface area contributed by atoms with E-state index in [9.17, 15) is 4.79 Å². The van der Waals surface area contributed by atoms with E-state index in [1.54, 1.807) is 6.92 Å². The zero-order valence-corrected chi connectivity index (χ0v) is 8.89. The zero-order chi connectivity index (χ0) is 10.6. The van der Waals surface area contributed by atoms with Gasteiger partial charge in [0, 0.05) is 17.9 Å². The number of aryl methyl sites for hydroxylation is 1. The summed E-state index contributed by atoms with van der Waals surface area (Å²) in [5.41, 5.74) is 1.36. The lowest BCUT2D eigenvalue weighted by molar-refractivity contribution is 0.115. The smallest absolute Gasteiger partial charge is 0.254 e. The quantitative estimate of drug-likeness (QED) is 0.739. The van der Waals surface area contributed by atoms with Crippen molar-refractivity contribution in [1.29, 1.82) is 0 Å². The average Bonchev–Trinajstić information content (AvgIpc) is 2.14. The van der Waals surface area contributed by atoms with E-state index in [2.05, 4.69) is 9.97 Å². The van der Waals surface area contributed by atoms with Gasteiger partial charge in [0.2, 0.25) is 0 Å². The first-order chi connectivity index (χ1) is 6.65. The van der Waals surface area contributed by atoms with Crippen LogP contribution in [0.15, 0.2) is 4.79 Å². The highest BCUT2D eigenvalue weighted by atomic mass is 16.5. The van der Waals surface area contributed by atoms with Gasteiger partial charge in [0.25, 0.3) is 5.56 Å². The Morgan fingerprint density at radius 1 is 1.43 bits per heavy atom. The zero-order valence-electron chi connectivity index (χ0n) is 8.89. The second-order valence-corrected chi connectivity index (χ2v) is 3.28. The van der Waals surface area contributed by atoms with Gasteiger partial charge in [0.05, 0.1) is 0 Å². The van der Waals surface area contributed by atoms with E-state index in [1.165, 1.54) is 0 Å². The fourth-order valence-corrected chi connectivity index (χ4v) is 1.08. The van der Waals surface area contributed by atoms with Crippen LogP contribution in [0.2, 0.25) is 0 Å². The molecule has 0 fully saturated rings. The summed E-state index contributed by atoms with van der Waals surface area (Å²) in [6.45, 7) is 6.70. The first kappa shape index (κ1) is 10.9. The average molecular weight is 196 g/mol. The molecule has 0 radical (unpaired) electrons. The summed E-state index contributed by atoms with van der Waals surface area (Å²) >= 11 is 0. The number of aromatic nitrogens is 2. The van der Waals surface area contributed by atoms with Gasteiger partial charge < -0.3 is 9.72 Å². The van der Waals surface area contributed by atoms with Crippen LogP contribution >= 0.6 is 0 Å². The molecule has 0 atom stereocenters. The maximum absolute atomic E-state index is 11.3. The fourth-order valence-electron chi connectivity index (χ4n) is 1.08. The van der Waals surface area contributed by atoms with Gasteiger partial charge >= 0.3 is 0 Å². The molecule has 0 spiro atoms. The summed E-state index contributed by atoms with van der Waals surface area (Å²) in [7, 11) is 0. The Bertz CT molecular complexity index is 358.